The summed E-state index contributed by atoms with van der Waals surface area (Å²) in [5.74, 6) is -0.0753. The van der Waals surface area contributed by atoms with E-state index >= 15 is 0 Å². The number of hydrogen-bond donors (Lipinski definition) is 0. The number of halogens is 1. The van der Waals surface area contributed by atoms with Crippen molar-refractivity contribution in [2.24, 2.45) is 0 Å². The minimum absolute atomic E-state index is 0.282. The molecule has 0 radical (unpaired) electrons. The van der Waals surface area contributed by atoms with Gasteiger partial charge >= 0.3 is 5.97 Å². The molecular formula is C19H17FO3. The van der Waals surface area contributed by atoms with Crippen LogP contribution >= 0.6 is 0 Å². The molecule has 0 amide bonds. The highest BCUT2D eigenvalue weighted by Gasteiger charge is 2.23. The Balaban J connectivity index is 2.20. The summed E-state index contributed by atoms with van der Waals surface area (Å²) >= 11 is 0. The summed E-state index contributed by atoms with van der Waals surface area (Å²) in [7, 11) is 1.33. The normalized spacial score (nSPS) is 13.4. The van der Waals surface area contributed by atoms with Crippen molar-refractivity contribution in [3.8, 4) is 5.75 Å². The van der Waals surface area contributed by atoms with Crippen molar-refractivity contribution in [1.29, 1.82) is 0 Å². The number of methoxy groups -OCH3 is 1. The highest BCUT2D eigenvalue weighted by molar-refractivity contribution is 5.93. The molecule has 0 atom stereocenters. The highest BCUT2D eigenvalue weighted by atomic mass is 19.1. The second-order valence-corrected chi connectivity index (χ2v) is 5.63. The summed E-state index contributed by atoms with van der Waals surface area (Å²) in [4.78, 5) is 11.8. The van der Waals surface area contributed by atoms with Crippen molar-refractivity contribution in [3.63, 3.8) is 0 Å². The zero-order valence-corrected chi connectivity index (χ0v) is 13.3. The van der Waals surface area contributed by atoms with Crippen LogP contribution in [0.3, 0.4) is 0 Å². The molecule has 3 nitrogen and oxygen atoms in total. The SMILES string of the molecule is COC(=O)c1ccc2c(c1)C(c1ccc(C)cc1F)=C(C)CO2. The number of carbonyl (C=O) groups is 1. The molecule has 3 rings (SSSR count). The number of fused-ring (bicyclic) bond motifs is 1. The summed E-state index contributed by atoms with van der Waals surface area (Å²) in [6.07, 6.45) is 0. The van der Waals surface area contributed by atoms with E-state index < -0.39 is 5.97 Å². The van der Waals surface area contributed by atoms with Gasteiger partial charge in [-0.15, -0.1) is 0 Å². The predicted octanol–water partition coefficient (Wildman–Crippen LogP) is 4.13. The van der Waals surface area contributed by atoms with E-state index in [9.17, 15) is 9.18 Å². The third-order valence-electron chi connectivity index (χ3n) is 3.93. The summed E-state index contributed by atoms with van der Waals surface area (Å²) in [5.41, 5.74) is 4.19. The van der Waals surface area contributed by atoms with Crippen LogP contribution in [0, 0.1) is 12.7 Å². The van der Waals surface area contributed by atoms with E-state index in [4.69, 9.17) is 9.47 Å². The molecule has 0 unspecified atom stereocenters. The fourth-order valence-electron chi connectivity index (χ4n) is 2.78. The molecule has 0 saturated heterocycles. The van der Waals surface area contributed by atoms with Crippen LogP contribution in [0.2, 0.25) is 0 Å². The van der Waals surface area contributed by atoms with Gasteiger partial charge < -0.3 is 9.47 Å². The molecular weight excluding hydrogens is 295 g/mol. The van der Waals surface area contributed by atoms with Crippen LogP contribution in [-0.2, 0) is 4.74 Å². The second-order valence-electron chi connectivity index (χ2n) is 5.63. The molecule has 0 fully saturated rings. The number of hydrogen-bond acceptors (Lipinski definition) is 3. The minimum Gasteiger partial charge on any atom is -0.489 e. The zero-order valence-electron chi connectivity index (χ0n) is 13.3. The molecule has 4 heteroatoms. The molecule has 0 bridgehead atoms. The molecule has 0 spiro atoms. The quantitative estimate of drug-likeness (QED) is 0.782. The molecule has 2 aromatic rings. The Morgan fingerprint density at radius 2 is 1.91 bits per heavy atom. The van der Waals surface area contributed by atoms with Gasteiger partial charge in [-0.05, 0) is 54.8 Å². The number of benzene rings is 2. The average Bonchev–Trinajstić information content (AvgIpc) is 2.54. The van der Waals surface area contributed by atoms with Gasteiger partial charge in [-0.3, -0.25) is 0 Å². The van der Waals surface area contributed by atoms with E-state index in [0.717, 1.165) is 16.7 Å². The van der Waals surface area contributed by atoms with Crippen LogP contribution in [0.5, 0.6) is 5.75 Å². The van der Waals surface area contributed by atoms with Crippen molar-refractivity contribution in [2.45, 2.75) is 13.8 Å². The Hall–Kier alpha value is -2.62. The van der Waals surface area contributed by atoms with Gasteiger partial charge in [0.2, 0.25) is 0 Å². The summed E-state index contributed by atoms with van der Waals surface area (Å²) in [5, 5.41) is 0. The molecule has 0 N–H and O–H groups in total. The van der Waals surface area contributed by atoms with Crippen molar-refractivity contribution in [3.05, 3.63) is 70.0 Å². The Morgan fingerprint density at radius 1 is 1.13 bits per heavy atom. The van der Waals surface area contributed by atoms with Gasteiger partial charge in [0.05, 0.1) is 12.7 Å². The van der Waals surface area contributed by atoms with E-state index in [1.807, 2.05) is 19.9 Å². The molecule has 23 heavy (non-hydrogen) atoms. The van der Waals surface area contributed by atoms with Gasteiger partial charge in [0.15, 0.2) is 0 Å². The van der Waals surface area contributed by atoms with E-state index in [2.05, 4.69) is 0 Å². The maximum Gasteiger partial charge on any atom is 0.337 e. The van der Waals surface area contributed by atoms with E-state index in [1.54, 1.807) is 24.3 Å². The first-order chi connectivity index (χ1) is 11.0. The monoisotopic (exact) mass is 312 g/mol. The largest absolute Gasteiger partial charge is 0.489 e. The maximum atomic E-state index is 14.5. The standard InChI is InChI=1S/C19H17FO3/c1-11-4-6-14(16(20)8-11)18-12(2)10-23-17-7-5-13(9-15(17)18)19(21)22-3/h4-9H,10H2,1-3H3. The number of aryl methyl sites for hydroxylation is 1. The molecule has 1 heterocycles. The van der Waals surface area contributed by atoms with Crippen LogP contribution in [0.4, 0.5) is 4.39 Å². The number of rotatable bonds is 2. The van der Waals surface area contributed by atoms with Crippen LogP contribution in [0.25, 0.3) is 5.57 Å². The smallest absolute Gasteiger partial charge is 0.337 e. The Kier molecular flexibility index (Phi) is 3.90. The molecule has 1 aliphatic rings. The average molecular weight is 312 g/mol. The highest BCUT2D eigenvalue weighted by Crippen LogP contribution is 2.39. The molecule has 0 aromatic heterocycles. The fourth-order valence-corrected chi connectivity index (χ4v) is 2.78. The van der Waals surface area contributed by atoms with E-state index in [0.29, 0.717) is 29.0 Å². The van der Waals surface area contributed by atoms with Crippen molar-refractivity contribution >= 4 is 11.5 Å². The lowest BCUT2D eigenvalue weighted by atomic mass is 9.89. The fraction of sp³-hybridized carbons (Fsp3) is 0.211. The summed E-state index contributed by atoms with van der Waals surface area (Å²) in [6, 6.07) is 10.2. The maximum absolute atomic E-state index is 14.5. The van der Waals surface area contributed by atoms with Crippen LogP contribution in [-0.4, -0.2) is 19.7 Å². The number of ether oxygens (including phenoxy) is 2. The van der Waals surface area contributed by atoms with E-state index in [-0.39, 0.29) is 5.82 Å². The lowest BCUT2D eigenvalue weighted by Gasteiger charge is -2.23. The van der Waals surface area contributed by atoms with Gasteiger partial charge in [-0.2, -0.15) is 0 Å². The molecule has 118 valence electrons. The Bertz CT molecular complexity index is 821. The Morgan fingerprint density at radius 3 is 2.61 bits per heavy atom. The number of esters is 1. The van der Waals surface area contributed by atoms with Gasteiger partial charge in [-0.25, -0.2) is 9.18 Å². The van der Waals surface area contributed by atoms with Gasteiger partial charge in [0.25, 0.3) is 0 Å². The predicted molar refractivity (Wildman–Crippen MR) is 86.1 cm³/mol. The topological polar surface area (TPSA) is 35.5 Å². The molecule has 0 saturated carbocycles. The van der Waals surface area contributed by atoms with E-state index in [1.165, 1.54) is 13.2 Å². The first-order valence-electron chi connectivity index (χ1n) is 7.33. The van der Waals surface area contributed by atoms with Gasteiger partial charge in [0, 0.05) is 11.1 Å². The lowest BCUT2D eigenvalue weighted by Crippen LogP contribution is -2.12. The first kappa shape index (κ1) is 15.3. The molecule has 2 aromatic carbocycles. The van der Waals surface area contributed by atoms with Crippen molar-refractivity contribution in [1.82, 2.24) is 0 Å². The summed E-state index contributed by atoms with van der Waals surface area (Å²) in [6.45, 7) is 4.15. The molecule has 0 aliphatic carbocycles. The van der Waals surface area contributed by atoms with Crippen molar-refractivity contribution < 1.29 is 18.7 Å². The van der Waals surface area contributed by atoms with Crippen LogP contribution in [0.1, 0.15) is 34.0 Å². The second kappa shape index (κ2) is 5.88. The van der Waals surface area contributed by atoms with Crippen LogP contribution < -0.4 is 4.74 Å². The lowest BCUT2D eigenvalue weighted by molar-refractivity contribution is 0.0600. The number of carbonyl (C=O) groups excluding carboxylic acids is 1. The first-order valence-corrected chi connectivity index (χ1v) is 7.33. The minimum atomic E-state index is -0.431. The van der Waals surface area contributed by atoms with Crippen molar-refractivity contribution in [2.75, 3.05) is 13.7 Å². The Labute approximate surface area is 134 Å². The molecule has 1 aliphatic heterocycles. The van der Waals surface area contributed by atoms with Crippen LogP contribution in [0.15, 0.2) is 42.0 Å². The third kappa shape index (κ3) is 2.72. The third-order valence-corrected chi connectivity index (χ3v) is 3.93. The van der Waals surface area contributed by atoms with Gasteiger partial charge in [-0.1, -0.05) is 12.1 Å². The zero-order chi connectivity index (χ0) is 16.6. The van der Waals surface area contributed by atoms with Gasteiger partial charge in [0.1, 0.15) is 18.2 Å². The summed E-state index contributed by atoms with van der Waals surface area (Å²) < 4.78 is 24.9.